The first-order valence-electron chi connectivity index (χ1n) is 4.94. The Morgan fingerprint density at radius 2 is 1.42 bits per heavy atom. The molecule has 0 saturated carbocycles. The number of hydrogen-bond donors (Lipinski definition) is 2. The Morgan fingerprint density at radius 3 is 1.75 bits per heavy atom. The third-order valence-electron chi connectivity index (χ3n) is 2.21. The van der Waals surface area contributed by atoms with Crippen LogP contribution in [0.4, 0.5) is 0 Å². The smallest absolute Gasteiger partial charge is 0.00766 e. The molecule has 2 atom stereocenters. The summed E-state index contributed by atoms with van der Waals surface area (Å²) in [6.45, 7) is 8.68. The van der Waals surface area contributed by atoms with E-state index in [4.69, 9.17) is 11.5 Å². The van der Waals surface area contributed by atoms with E-state index < -0.39 is 0 Å². The van der Waals surface area contributed by atoms with Gasteiger partial charge < -0.3 is 11.5 Å². The molecule has 74 valence electrons. The highest BCUT2D eigenvalue weighted by atomic mass is 14.7. The van der Waals surface area contributed by atoms with E-state index in [9.17, 15) is 0 Å². The zero-order valence-corrected chi connectivity index (χ0v) is 8.88. The van der Waals surface area contributed by atoms with Crippen LogP contribution in [0.1, 0.15) is 40.5 Å². The minimum atomic E-state index is 0.263. The molecule has 0 heterocycles. The molecule has 0 radical (unpaired) electrons. The molecule has 0 bridgehead atoms. The Balaban J connectivity index is 3.61. The summed E-state index contributed by atoms with van der Waals surface area (Å²) < 4.78 is 0. The standard InChI is InChI=1S/C10H24N2/c1-7(2)5-9(11)6-10(12)8(3)4/h7-10H,5-6,11-12H2,1-4H3. The summed E-state index contributed by atoms with van der Waals surface area (Å²) in [6, 6.07) is 0.543. The molecule has 0 amide bonds. The maximum Gasteiger partial charge on any atom is 0.00766 e. The summed E-state index contributed by atoms with van der Waals surface area (Å²) >= 11 is 0. The van der Waals surface area contributed by atoms with Crippen LogP contribution >= 0.6 is 0 Å². The van der Waals surface area contributed by atoms with Crippen LogP contribution in [-0.4, -0.2) is 12.1 Å². The largest absolute Gasteiger partial charge is 0.328 e. The molecule has 12 heavy (non-hydrogen) atoms. The molecule has 0 aromatic heterocycles. The van der Waals surface area contributed by atoms with Crippen molar-refractivity contribution in [3.05, 3.63) is 0 Å². The minimum Gasteiger partial charge on any atom is -0.328 e. The van der Waals surface area contributed by atoms with Gasteiger partial charge in [0.1, 0.15) is 0 Å². The van der Waals surface area contributed by atoms with Crippen LogP contribution in [-0.2, 0) is 0 Å². The maximum absolute atomic E-state index is 5.93. The van der Waals surface area contributed by atoms with Crippen molar-refractivity contribution in [3.63, 3.8) is 0 Å². The molecular weight excluding hydrogens is 148 g/mol. The third kappa shape index (κ3) is 5.56. The Morgan fingerprint density at radius 1 is 0.917 bits per heavy atom. The van der Waals surface area contributed by atoms with Gasteiger partial charge in [-0.15, -0.1) is 0 Å². The van der Waals surface area contributed by atoms with E-state index in [-0.39, 0.29) is 12.1 Å². The van der Waals surface area contributed by atoms with Crippen LogP contribution < -0.4 is 11.5 Å². The monoisotopic (exact) mass is 172 g/mol. The Bertz CT molecular complexity index is 110. The molecule has 0 aliphatic rings. The van der Waals surface area contributed by atoms with Crippen LogP contribution in [0.3, 0.4) is 0 Å². The van der Waals surface area contributed by atoms with E-state index in [1.807, 2.05) is 0 Å². The fourth-order valence-electron chi connectivity index (χ4n) is 1.32. The second-order valence-corrected chi connectivity index (χ2v) is 4.53. The number of rotatable bonds is 5. The van der Waals surface area contributed by atoms with Crippen molar-refractivity contribution in [2.24, 2.45) is 23.3 Å². The lowest BCUT2D eigenvalue weighted by Crippen LogP contribution is -2.35. The highest BCUT2D eigenvalue weighted by Gasteiger charge is 2.13. The van der Waals surface area contributed by atoms with Crippen molar-refractivity contribution in [1.29, 1.82) is 0 Å². The number of nitrogens with two attached hydrogens (primary N) is 2. The second kappa shape index (κ2) is 5.55. The third-order valence-corrected chi connectivity index (χ3v) is 2.21. The van der Waals surface area contributed by atoms with Crippen molar-refractivity contribution >= 4 is 0 Å². The van der Waals surface area contributed by atoms with Gasteiger partial charge in [-0.05, 0) is 24.7 Å². The summed E-state index contributed by atoms with van der Waals surface area (Å²) in [5.74, 6) is 1.22. The Hall–Kier alpha value is -0.0800. The molecule has 0 fully saturated rings. The van der Waals surface area contributed by atoms with Gasteiger partial charge in [0, 0.05) is 12.1 Å². The number of hydrogen-bond acceptors (Lipinski definition) is 2. The summed E-state index contributed by atoms with van der Waals surface area (Å²) in [5.41, 5.74) is 11.8. The average Bonchev–Trinajstić information content (AvgIpc) is 1.84. The highest BCUT2D eigenvalue weighted by Crippen LogP contribution is 2.10. The molecule has 4 N–H and O–H groups in total. The van der Waals surface area contributed by atoms with Gasteiger partial charge in [-0.1, -0.05) is 27.7 Å². The normalized spacial score (nSPS) is 17.0. The molecule has 2 heteroatoms. The van der Waals surface area contributed by atoms with E-state index in [1.54, 1.807) is 0 Å². The molecular formula is C10H24N2. The summed E-state index contributed by atoms with van der Waals surface area (Å²) in [5, 5.41) is 0. The topological polar surface area (TPSA) is 52.0 Å². The quantitative estimate of drug-likeness (QED) is 0.663. The fraction of sp³-hybridized carbons (Fsp3) is 1.00. The van der Waals surface area contributed by atoms with Crippen molar-refractivity contribution in [2.75, 3.05) is 0 Å². The molecule has 0 aromatic carbocycles. The Kier molecular flexibility index (Phi) is 5.51. The zero-order chi connectivity index (χ0) is 9.72. The van der Waals surface area contributed by atoms with Gasteiger partial charge in [0.2, 0.25) is 0 Å². The predicted octanol–water partition coefficient (Wildman–Crippen LogP) is 1.73. The van der Waals surface area contributed by atoms with Crippen LogP contribution in [0, 0.1) is 11.8 Å². The van der Waals surface area contributed by atoms with E-state index in [2.05, 4.69) is 27.7 Å². The van der Waals surface area contributed by atoms with Gasteiger partial charge in [-0.3, -0.25) is 0 Å². The molecule has 0 aliphatic carbocycles. The molecule has 0 saturated heterocycles. The SMILES string of the molecule is CC(C)CC(N)CC(N)C(C)C. The molecule has 0 aliphatic heterocycles. The maximum atomic E-state index is 5.93. The van der Waals surface area contributed by atoms with Gasteiger partial charge in [-0.25, -0.2) is 0 Å². The lowest BCUT2D eigenvalue weighted by atomic mass is 9.93. The van der Waals surface area contributed by atoms with E-state index >= 15 is 0 Å². The Labute approximate surface area is 76.7 Å². The summed E-state index contributed by atoms with van der Waals surface area (Å²) in [6.07, 6.45) is 2.04. The van der Waals surface area contributed by atoms with Crippen molar-refractivity contribution in [3.8, 4) is 0 Å². The summed E-state index contributed by atoms with van der Waals surface area (Å²) in [7, 11) is 0. The van der Waals surface area contributed by atoms with E-state index in [0.717, 1.165) is 12.8 Å². The van der Waals surface area contributed by atoms with Gasteiger partial charge in [0.15, 0.2) is 0 Å². The molecule has 0 spiro atoms. The fourth-order valence-corrected chi connectivity index (χ4v) is 1.32. The molecule has 2 nitrogen and oxygen atoms in total. The van der Waals surface area contributed by atoms with Crippen molar-refractivity contribution < 1.29 is 0 Å². The van der Waals surface area contributed by atoms with Gasteiger partial charge in [0.05, 0.1) is 0 Å². The van der Waals surface area contributed by atoms with Crippen molar-refractivity contribution in [1.82, 2.24) is 0 Å². The van der Waals surface area contributed by atoms with Gasteiger partial charge in [0.25, 0.3) is 0 Å². The van der Waals surface area contributed by atoms with Gasteiger partial charge >= 0.3 is 0 Å². The first-order valence-corrected chi connectivity index (χ1v) is 4.94. The van der Waals surface area contributed by atoms with Crippen molar-refractivity contribution in [2.45, 2.75) is 52.6 Å². The van der Waals surface area contributed by atoms with E-state index in [1.165, 1.54) is 0 Å². The first-order chi connectivity index (χ1) is 5.43. The lowest BCUT2D eigenvalue weighted by Gasteiger charge is -2.21. The zero-order valence-electron chi connectivity index (χ0n) is 8.88. The van der Waals surface area contributed by atoms with E-state index in [0.29, 0.717) is 11.8 Å². The summed E-state index contributed by atoms with van der Waals surface area (Å²) in [4.78, 5) is 0. The predicted molar refractivity (Wildman–Crippen MR) is 54.9 cm³/mol. The first kappa shape index (κ1) is 11.9. The lowest BCUT2D eigenvalue weighted by molar-refractivity contribution is 0.387. The average molecular weight is 172 g/mol. The molecule has 0 rings (SSSR count). The van der Waals surface area contributed by atoms with Crippen LogP contribution in [0.5, 0.6) is 0 Å². The van der Waals surface area contributed by atoms with Crippen LogP contribution in [0.25, 0.3) is 0 Å². The second-order valence-electron chi connectivity index (χ2n) is 4.53. The van der Waals surface area contributed by atoms with Gasteiger partial charge in [-0.2, -0.15) is 0 Å². The highest BCUT2D eigenvalue weighted by molar-refractivity contribution is 4.73. The molecule has 0 aromatic rings. The van der Waals surface area contributed by atoms with Crippen LogP contribution in [0.2, 0.25) is 0 Å². The minimum absolute atomic E-state index is 0.263. The van der Waals surface area contributed by atoms with Crippen LogP contribution in [0.15, 0.2) is 0 Å². The molecule has 2 unspecified atom stereocenters.